The van der Waals surface area contributed by atoms with E-state index in [1.807, 2.05) is 17.8 Å². The molecule has 1 fully saturated rings. The highest BCUT2D eigenvalue weighted by Crippen LogP contribution is 2.19. The molecule has 1 aliphatic rings. The molecule has 1 saturated carbocycles. The van der Waals surface area contributed by atoms with Gasteiger partial charge in [-0.2, -0.15) is 0 Å². The lowest BCUT2D eigenvalue weighted by Crippen LogP contribution is -2.38. The summed E-state index contributed by atoms with van der Waals surface area (Å²) in [5, 5.41) is 6.63. The van der Waals surface area contributed by atoms with Crippen molar-refractivity contribution in [2.75, 3.05) is 20.2 Å². The third-order valence-electron chi connectivity index (χ3n) is 4.13. The lowest BCUT2D eigenvalue weighted by Gasteiger charge is -2.16. The first kappa shape index (κ1) is 20.3. The van der Waals surface area contributed by atoms with Gasteiger partial charge in [0.15, 0.2) is 5.96 Å². The molecule has 1 aliphatic carbocycles. The van der Waals surface area contributed by atoms with Gasteiger partial charge in [0.25, 0.3) is 0 Å². The summed E-state index contributed by atoms with van der Waals surface area (Å²) in [5.74, 6) is 0.827. The number of guanidine groups is 1. The van der Waals surface area contributed by atoms with Crippen LogP contribution in [0.3, 0.4) is 0 Å². The van der Waals surface area contributed by atoms with Crippen LogP contribution in [0.4, 0.5) is 0 Å². The lowest BCUT2D eigenvalue weighted by molar-refractivity contribution is 0.0468. The van der Waals surface area contributed by atoms with Crippen molar-refractivity contribution in [3.8, 4) is 0 Å². The number of ether oxygens (including phenoxy) is 1. The number of rotatable bonds is 6. The predicted octanol–water partition coefficient (Wildman–Crippen LogP) is 3.05. The molecule has 6 heteroatoms. The van der Waals surface area contributed by atoms with E-state index < -0.39 is 0 Å². The molecule has 1 aromatic rings. The number of nitrogens with one attached hydrogen (secondary N) is 2. The number of nitrogens with zero attached hydrogens (tertiary/aromatic N) is 2. The van der Waals surface area contributed by atoms with E-state index in [0.29, 0.717) is 6.10 Å². The maximum absolute atomic E-state index is 5.98. The number of halogens is 1. The first-order valence-electron chi connectivity index (χ1n) is 8.45. The molecule has 132 valence electrons. The topological polar surface area (TPSA) is 50.6 Å². The first-order chi connectivity index (χ1) is 10.8. The van der Waals surface area contributed by atoms with Gasteiger partial charge in [-0.25, -0.2) is 0 Å². The van der Waals surface area contributed by atoms with Gasteiger partial charge in [-0.1, -0.05) is 25.7 Å². The van der Waals surface area contributed by atoms with E-state index in [2.05, 4.69) is 27.9 Å². The van der Waals surface area contributed by atoms with Crippen LogP contribution in [0.25, 0.3) is 0 Å². The number of aliphatic imine (C=N–C) groups is 1. The summed E-state index contributed by atoms with van der Waals surface area (Å²) in [5.41, 5.74) is 1.25. The van der Waals surface area contributed by atoms with Gasteiger partial charge in [-0.3, -0.25) is 4.99 Å². The zero-order valence-corrected chi connectivity index (χ0v) is 16.7. The van der Waals surface area contributed by atoms with E-state index >= 15 is 0 Å². The fraction of sp³-hybridized carbons (Fsp3) is 0.706. The van der Waals surface area contributed by atoms with Crippen molar-refractivity contribution < 1.29 is 4.74 Å². The molecule has 0 bridgehead atoms. The van der Waals surface area contributed by atoms with Gasteiger partial charge in [-0.05, 0) is 24.5 Å². The number of hydrogen-bond donors (Lipinski definition) is 2. The average Bonchev–Trinajstić information content (AvgIpc) is 2.78. The van der Waals surface area contributed by atoms with Crippen LogP contribution in [-0.4, -0.2) is 36.8 Å². The molecular formula is C17H31IN4O. The van der Waals surface area contributed by atoms with Crippen LogP contribution in [0, 0.1) is 0 Å². The quantitative estimate of drug-likeness (QED) is 0.238. The second-order valence-electron chi connectivity index (χ2n) is 6.02. The minimum Gasteiger partial charge on any atom is -0.376 e. The summed E-state index contributed by atoms with van der Waals surface area (Å²) >= 11 is 0. The van der Waals surface area contributed by atoms with Crippen LogP contribution < -0.4 is 10.6 Å². The third-order valence-corrected chi connectivity index (χ3v) is 4.13. The van der Waals surface area contributed by atoms with Crippen molar-refractivity contribution in [2.24, 2.45) is 12.0 Å². The van der Waals surface area contributed by atoms with E-state index in [-0.39, 0.29) is 24.0 Å². The van der Waals surface area contributed by atoms with Crippen LogP contribution in [0.5, 0.6) is 0 Å². The first-order valence-corrected chi connectivity index (χ1v) is 8.45. The van der Waals surface area contributed by atoms with Crippen molar-refractivity contribution in [1.82, 2.24) is 15.2 Å². The van der Waals surface area contributed by atoms with Gasteiger partial charge in [0.2, 0.25) is 0 Å². The zero-order valence-electron chi connectivity index (χ0n) is 14.4. The molecule has 5 nitrogen and oxygen atoms in total. The second-order valence-corrected chi connectivity index (χ2v) is 6.02. The van der Waals surface area contributed by atoms with Gasteiger partial charge in [-0.15, -0.1) is 24.0 Å². The van der Waals surface area contributed by atoms with E-state index in [9.17, 15) is 0 Å². The molecule has 23 heavy (non-hydrogen) atoms. The van der Waals surface area contributed by atoms with Crippen LogP contribution in [-0.2, 0) is 18.3 Å². The highest BCUT2D eigenvalue weighted by atomic mass is 127. The Morgan fingerprint density at radius 1 is 1.26 bits per heavy atom. The van der Waals surface area contributed by atoms with Crippen LogP contribution >= 0.6 is 24.0 Å². The van der Waals surface area contributed by atoms with Crippen molar-refractivity contribution in [2.45, 2.75) is 51.2 Å². The maximum atomic E-state index is 5.98. The van der Waals surface area contributed by atoms with Crippen LogP contribution in [0.15, 0.2) is 23.5 Å². The molecule has 1 aromatic heterocycles. The molecule has 1 heterocycles. The fourth-order valence-electron chi connectivity index (χ4n) is 2.88. The van der Waals surface area contributed by atoms with Crippen molar-refractivity contribution in [3.05, 3.63) is 24.0 Å². The highest BCUT2D eigenvalue weighted by Gasteiger charge is 2.12. The highest BCUT2D eigenvalue weighted by molar-refractivity contribution is 14.0. The van der Waals surface area contributed by atoms with E-state index in [1.54, 1.807) is 7.05 Å². The molecule has 0 spiro atoms. The third kappa shape index (κ3) is 8.06. The Morgan fingerprint density at radius 2 is 2.00 bits per heavy atom. The average molecular weight is 434 g/mol. The van der Waals surface area contributed by atoms with Crippen molar-refractivity contribution in [3.63, 3.8) is 0 Å². The van der Waals surface area contributed by atoms with Crippen molar-refractivity contribution >= 4 is 29.9 Å². The van der Waals surface area contributed by atoms with E-state index in [4.69, 9.17) is 4.74 Å². The van der Waals surface area contributed by atoms with Gasteiger partial charge < -0.3 is 19.9 Å². The minimum absolute atomic E-state index is 0. The Hall–Kier alpha value is -0.760. The minimum atomic E-state index is 0. The molecule has 0 amide bonds. The molecule has 0 aromatic carbocycles. The second kappa shape index (κ2) is 11.7. The molecule has 2 rings (SSSR count). The van der Waals surface area contributed by atoms with E-state index in [0.717, 1.165) is 25.7 Å². The fourth-order valence-corrected chi connectivity index (χ4v) is 2.88. The Bertz CT molecular complexity index is 453. The molecule has 0 atom stereocenters. The predicted molar refractivity (Wildman–Crippen MR) is 106 cm³/mol. The van der Waals surface area contributed by atoms with Gasteiger partial charge in [0, 0.05) is 39.6 Å². The molecule has 0 saturated heterocycles. The molecule has 2 N–H and O–H groups in total. The van der Waals surface area contributed by atoms with Gasteiger partial charge in [0.05, 0.1) is 12.7 Å². The van der Waals surface area contributed by atoms with Gasteiger partial charge >= 0.3 is 0 Å². The lowest BCUT2D eigenvalue weighted by atomic mass is 10.1. The van der Waals surface area contributed by atoms with Crippen molar-refractivity contribution in [1.29, 1.82) is 0 Å². The normalized spacial score (nSPS) is 16.5. The standard InChI is InChI=1S/C17H30N4O.HI/c1-18-17(20-13-15-9-11-21(2)14-15)19-10-12-22-16-7-5-3-4-6-8-16;/h9,11,14,16H,3-8,10,12-13H2,1-2H3,(H2,18,19,20);1H. The zero-order chi connectivity index (χ0) is 15.6. The van der Waals surface area contributed by atoms with Crippen LogP contribution in [0.1, 0.15) is 44.1 Å². The smallest absolute Gasteiger partial charge is 0.191 e. The molecular weight excluding hydrogens is 403 g/mol. The Morgan fingerprint density at radius 3 is 2.61 bits per heavy atom. The largest absolute Gasteiger partial charge is 0.376 e. The van der Waals surface area contributed by atoms with Crippen LogP contribution in [0.2, 0.25) is 0 Å². The number of hydrogen-bond acceptors (Lipinski definition) is 2. The number of aryl methyl sites for hydroxylation is 1. The van der Waals surface area contributed by atoms with E-state index in [1.165, 1.54) is 44.1 Å². The molecule has 0 aliphatic heterocycles. The summed E-state index contributed by atoms with van der Waals surface area (Å²) in [6.45, 7) is 2.33. The summed E-state index contributed by atoms with van der Waals surface area (Å²) in [7, 11) is 3.83. The summed E-state index contributed by atoms with van der Waals surface area (Å²) in [6.07, 6.45) is 12.4. The Kier molecular flexibility index (Phi) is 10.3. The maximum Gasteiger partial charge on any atom is 0.191 e. The summed E-state index contributed by atoms with van der Waals surface area (Å²) in [4.78, 5) is 4.24. The monoisotopic (exact) mass is 434 g/mol. The molecule has 0 radical (unpaired) electrons. The Balaban J connectivity index is 0.00000264. The summed E-state index contributed by atoms with van der Waals surface area (Å²) in [6, 6.07) is 2.11. The number of aromatic nitrogens is 1. The summed E-state index contributed by atoms with van der Waals surface area (Å²) < 4.78 is 8.02. The Labute approximate surface area is 157 Å². The van der Waals surface area contributed by atoms with Gasteiger partial charge in [0.1, 0.15) is 0 Å². The SMILES string of the molecule is CN=C(NCCOC1CCCCCC1)NCc1ccn(C)c1.I. The molecule has 0 unspecified atom stereocenters.